The normalized spacial score (nSPS) is 17.3. The van der Waals surface area contributed by atoms with E-state index in [1.165, 1.54) is 6.07 Å². The van der Waals surface area contributed by atoms with Gasteiger partial charge in [-0.1, -0.05) is 42.5 Å². The Bertz CT molecular complexity index is 1510. The molecule has 176 valence electrons. The Hall–Kier alpha value is -4.46. The van der Waals surface area contributed by atoms with Gasteiger partial charge in [-0.2, -0.15) is 0 Å². The number of fused-ring (bicyclic) bond motifs is 2. The van der Waals surface area contributed by atoms with Crippen molar-refractivity contribution in [1.29, 1.82) is 0 Å². The Kier molecular flexibility index (Phi) is 5.36. The lowest BCUT2D eigenvalue weighted by atomic mass is 9.79. The molecule has 1 aromatic heterocycles. The highest BCUT2D eigenvalue weighted by atomic mass is 16.6. The number of aryl methyl sites for hydroxylation is 1. The summed E-state index contributed by atoms with van der Waals surface area (Å²) in [6.45, 7) is 1.61. The Labute approximate surface area is 201 Å². The molecule has 1 N–H and O–H groups in total. The second-order valence-electron chi connectivity index (χ2n) is 8.83. The maximum atomic E-state index is 13.9. The van der Waals surface area contributed by atoms with Gasteiger partial charge in [0.1, 0.15) is 0 Å². The summed E-state index contributed by atoms with van der Waals surface area (Å²) in [6.07, 6.45) is 1.96. The van der Waals surface area contributed by atoms with E-state index in [0.717, 1.165) is 16.5 Å². The van der Waals surface area contributed by atoms with Crippen LogP contribution in [0, 0.1) is 17.0 Å². The molecule has 2 heterocycles. The molecule has 35 heavy (non-hydrogen) atoms. The molecule has 3 aromatic carbocycles. The second kappa shape index (κ2) is 8.39. The zero-order chi connectivity index (χ0) is 24.9. The third-order valence-corrected chi connectivity index (χ3v) is 6.87. The highest BCUT2D eigenvalue weighted by Gasteiger charge is 2.43. The number of hydrogen-bond donors (Lipinski definition) is 1. The van der Waals surface area contributed by atoms with E-state index >= 15 is 0 Å². The number of anilines is 1. The van der Waals surface area contributed by atoms with Crippen LogP contribution in [0.3, 0.4) is 0 Å². The number of para-hydroxylation sites is 1. The highest BCUT2D eigenvalue weighted by Crippen LogP contribution is 2.45. The molecular formula is C27H24N4O4. The third-order valence-electron chi connectivity index (χ3n) is 6.87. The average molecular weight is 469 g/mol. The maximum Gasteiger partial charge on any atom is 0.274 e. The number of nitrogens with zero attached hydrogens (tertiary/aromatic N) is 3. The standard InChI is InChI=1S/C27H24N4O4/c1-16-21(12-8-14-22(16)31(34)35)28-26(32)24-18-10-4-5-11-19(18)27(33)30(3)25(24)20-15-29(2)23-13-7-6-9-17(20)23/h4-15,24-25H,1-3H3,(H,28,32)/t24-,25-/m1/s1. The van der Waals surface area contributed by atoms with Crippen molar-refractivity contribution < 1.29 is 14.5 Å². The lowest BCUT2D eigenvalue weighted by molar-refractivity contribution is -0.385. The Morgan fingerprint density at radius 3 is 2.46 bits per heavy atom. The summed E-state index contributed by atoms with van der Waals surface area (Å²) in [6, 6.07) is 19.0. The van der Waals surface area contributed by atoms with Crippen LogP contribution in [-0.4, -0.2) is 33.3 Å². The van der Waals surface area contributed by atoms with Crippen LogP contribution in [0.4, 0.5) is 11.4 Å². The third kappa shape index (κ3) is 3.54. The van der Waals surface area contributed by atoms with Gasteiger partial charge in [0.15, 0.2) is 0 Å². The predicted molar refractivity (Wildman–Crippen MR) is 133 cm³/mol. The highest BCUT2D eigenvalue weighted by molar-refractivity contribution is 6.05. The fraction of sp³-hybridized carbons (Fsp3) is 0.185. The lowest BCUT2D eigenvalue weighted by Gasteiger charge is -2.39. The van der Waals surface area contributed by atoms with Crippen molar-refractivity contribution >= 4 is 34.1 Å². The number of carbonyl (C=O) groups is 2. The number of rotatable bonds is 4. The molecule has 5 rings (SSSR count). The maximum absolute atomic E-state index is 13.9. The molecule has 8 heteroatoms. The van der Waals surface area contributed by atoms with Gasteiger partial charge in [0.05, 0.1) is 28.1 Å². The Balaban J connectivity index is 1.67. The molecule has 4 aromatic rings. The molecule has 0 spiro atoms. The van der Waals surface area contributed by atoms with Crippen LogP contribution in [-0.2, 0) is 11.8 Å². The molecule has 0 saturated carbocycles. The summed E-state index contributed by atoms with van der Waals surface area (Å²) in [5.74, 6) is -1.22. The smallest absolute Gasteiger partial charge is 0.274 e. The molecule has 2 amide bonds. The van der Waals surface area contributed by atoms with Crippen LogP contribution in [0.25, 0.3) is 10.9 Å². The average Bonchev–Trinajstić information content (AvgIpc) is 3.18. The van der Waals surface area contributed by atoms with Gasteiger partial charge in [0.25, 0.3) is 11.6 Å². The van der Waals surface area contributed by atoms with E-state index in [2.05, 4.69) is 5.32 Å². The van der Waals surface area contributed by atoms with Crippen molar-refractivity contribution in [3.05, 3.63) is 105 Å². The minimum atomic E-state index is -0.724. The van der Waals surface area contributed by atoms with Crippen LogP contribution in [0.2, 0.25) is 0 Å². The van der Waals surface area contributed by atoms with Crippen molar-refractivity contribution in [2.45, 2.75) is 18.9 Å². The quantitative estimate of drug-likeness (QED) is 0.339. The van der Waals surface area contributed by atoms with Gasteiger partial charge in [-0.05, 0) is 30.7 Å². The second-order valence-corrected chi connectivity index (χ2v) is 8.83. The largest absolute Gasteiger partial charge is 0.350 e. The molecule has 1 aliphatic rings. The number of nitrogens with one attached hydrogen (secondary N) is 1. The number of nitro groups is 1. The number of amides is 2. The van der Waals surface area contributed by atoms with Gasteiger partial charge >= 0.3 is 0 Å². The van der Waals surface area contributed by atoms with E-state index in [0.29, 0.717) is 22.4 Å². The van der Waals surface area contributed by atoms with E-state index < -0.39 is 16.9 Å². The van der Waals surface area contributed by atoms with Crippen molar-refractivity contribution in [2.75, 3.05) is 12.4 Å². The topological polar surface area (TPSA) is 97.5 Å². The molecule has 0 unspecified atom stereocenters. The first-order valence-corrected chi connectivity index (χ1v) is 11.2. The summed E-state index contributed by atoms with van der Waals surface area (Å²) in [5, 5.41) is 15.3. The van der Waals surface area contributed by atoms with Crippen molar-refractivity contribution in [1.82, 2.24) is 9.47 Å². The molecule has 0 fully saturated rings. The van der Waals surface area contributed by atoms with Crippen molar-refractivity contribution in [3.8, 4) is 0 Å². The fourth-order valence-electron chi connectivity index (χ4n) is 5.12. The van der Waals surface area contributed by atoms with E-state index in [1.54, 1.807) is 43.1 Å². The summed E-state index contributed by atoms with van der Waals surface area (Å²) in [7, 11) is 3.65. The molecule has 1 aliphatic heterocycles. The van der Waals surface area contributed by atoms with E-state index in [1.807, 2.05) is 54.2 Å². The minimum absolute atomic E-state index is 0.0651. The van der Waals surface area contributed by atoms with Gasteiger partial charge in [-0.25, -0.2) is 0 Å². The van der Waals surface area contributed by atoms with Crippen molar-refractivity contribution in [2.24, 2.45) is 7.05 Å². The van der Waals surface area contributed by atoms with Gasteiger partial charge in [0.2, 0.25) is 5.91 Å². The SMILES string of the molecule is Cc1c(NC(=O)[C@@H]2c3ccccc3C(=O)N(C)[C@@H]2c2cn(C)c3ccccc23)cccc1[N+](=O)[O-]. The first-order chi connectivity index (χ1) is 16.8. The molecular weight excluding hydrogens is 444 g/mol. The molecule has 2 atom stereocenters. The molecule has 8 nitrogen and oxygen atoms in total. The number of carbonyl (C=O) groups excluding carboxylic acids is 2. The van der Waals surface area contributed by atoms with E-state index in [9.17, 15) is 19.7 Å². The van der Waals surface area contributed by atoms with Crippen LogP contribution >= 0.6 is 0 Å². The minimum Gasteiger partial charge on any atom is -0.350 e. The van der Waals surface area contributed by atoms with Crippen LogP contribution < -0.4 is 5.32 Å². The number of likely N-dealkylation sites (N-methyl/N-ethyl adjacent to an activating group) is 1. The summed E-state index contributed by atoms with van der Waals surface area (Å²) in [4.78, 5) is 39.8. The lowest BCUT2D eigenvalue weighted by Crippen LogP contribution is -2.44. The van der Waals surface area contributed by atoms with Crippen LogP contribution in [0.15, 0.2) is 72.9 Å². The first kappa shape index (κ1) is 22.3. The van der Waals surface area contributed by atoms with Crippen LogP contribution in [0.1, 0.15) is 39.0 Å². The van der Waals surface area contributed by atoms with Gasteiger partial charge in [-0.15, -0.1) is 0 Å². The van der Waals surface area contributed by atoms with Crippen LogP contribution in [0.5, 0.6) is 0 Å². The number of aromatic nitrogens is 1. The fourth-order valence-corrected chi connectivity index (χ4v) is 5.12. The monoisotopic (exact) mass is 468 g/mol. The van der Waals surface area contributed by atoms with E-state index in [4.69, 9.17) is 0 Å². The molecule has 0 radical (unpaired) electrons. The predicted octanol–water partition coefficient (Wildman–Crippen LogP) is 4.94. The molecule has 0 bridgehead atoms. The zero-order valence-corrected chi connectivity index (χ0v) is 19.6. The van der Waals surface area contributed by atoms with Crippen molar-refractivity contribution in [3.63, 3.8) is 0 Å². The van der Waals surface area contributed by atoms with E-state index in [-0.39, 0.29) is 17.5 Å². The Morgan fingerprint density at radius 2 is 1.69 bits per heavy atom. The first-order valence-electron chi connectivity index (χ1n) is 11.2. The van der Waals surface area contributed by atoms with Gasteiger partial charge in [-0.3, -0.25) is 19.7 Å². The van der Waals surface area contributed by atoms with Gasteiger partial charge < -0.3 is 14.8 Å². The molecule has 0 aliphatic carbocycles. The zero-order valence-electron chi connectivity index (χ0n) is 19.6. The summed E-state index contributed by atoms with van der Waals surface area (Å²) >= 11 is 0. The Morgan fingerprint density at radius 1 is 0.971 bits per heavy atom. The number of nitro benzene ring substituents is 1. The summed E-state index contributed by atoms with van der Waals surface area (Å²) in [5.41, 5.74) is 3.65. The number of benzene rings is 3. The number of hydrogen-bond acceptors (Lipinski definition) is 4. The van der Waals surface area contributed by atoms with Gasteiger partial charge in [0, 0.05) is 48.4 Å². The molecule has 0 saturated heterocycles. The summed E-state index contributed by atoms with van der Waals surface area (Å²) < 4.78 is 1.99.